The minimum Gasteiger partial charge on any atom is -0.497 e. The van der Waals surface area contributed by atoms with Gasteiger partial charge in [0.15, 0.2) is 11.7 Å². The topological polar surface area (TPSA) is 60.5 Å². The Morgan fingerprint density at radius 1 is 1.11 bits per heavy atom. The SMILES string of the molecule is COc1ccc(-c2csc(NC(=O)COc3ccccc3C(C)(C)C)n2)cc1. The molecule has 0 radical (unpaired) electrons. The largest absolute Gasteiger partial charge is 0.497 e. The minimum absolute atomic E-state index is 0.0599. The lowest BCUT2D eigenvalue weighted by atomic mass is 9.86. The summed E-state index contributed by atoms with van der Waals surface area (Å²) < 4.78 is 10.9. The number of carbonyl (C=O) groups excluding carboxylic acids is 1. The molecule has 0 saturated heterocycles. The molecule has 1 aromatic heterocycles. The first kappa shape index (κ1) is 19.9. The molecule has 0 bridgehead atoms. The number of hydrogen-bond donors (Lipinski definition) is 1. The maximum absolute atomic E-state index is 12.3. The summed E-state index contributed by atoms with van der Waals surface area (Å²) in [5.74, 6) is 1.28. The summed E-state index contributed by atoms with van der Waals surface area (Å²) in [5, 5.41) is 5.26. The average Bonchev–Trinajstić information content (AvgIpc) is 3.14. The molecule has 0 aliphatic rings. The zero-order valence-electron chi connectivity index (χ0n) is 16.5. The number of anilines is 1. The summed E-state index contributed by atoms with van der Waals surface area (Å²) in [6, 6.07) is 15.4. The van der Waals surface area contributed by atoms with Crippen molar-refractivity contribution < 1.29 is 14.3 Å². The van der Waals surface area contributed by atoms with Crippen LogP contribution in [0.15, 0.2) is 53.9 Å². The van der Waals surface area contributed by atoms with E-state index in [1.165, 1.54) is 11.3 Å². The van der Waals surface area contributed by atoms with Crippen LogP contribution in [-0.2, 0) is 10.2 Å². The van der Waals surface area contributed by atoms with Gasteiger partial charge in [0.1, 0.15) is 11.5 Å². The second-order valence-corrected chi connectivity index (χ2v) is 8.21. The number of hydrogen-bond acceptors (Lipinski definition) is 5. The zero-order valence-corrected chi connectivity index (χ0v) is 17.3. The lowest BCUT2D eigenvalue weighted by molar-refractivity contribution is -0.118. The van der Waals surface area contributed by atoms with Gasteiger partial charge in [-0.2, -0.15) is 0 Å². The molecule has 146 valence electrons. The Balaban J connectivity index is 1.61. The molecule has 0 spiro atoms. The molecule has 28 heavy (non-hydrogen) atoms. The van der Waals surface area contributed by atoms with Gasteiger partial charge in [-0.3, -0.25) is 10.1 Å². The molecule has 6 heteroatoms. The number of nitrogens with zero attached hydrogens (tertiary/aromatic N) is 1. The fourth-order valence-electron chi connectivity index (χ4n) is 2.74. The highest BCUT2D eigenvalue weighted by atomic mass is 32.1. The third-order valence-electron chi connectivity index (χ3n) is 4.19. The molecule has 1 heterocycles. The van der Waals surface area contributed by atoms with Crippen LogP contribution in [0.25, 0.3) is 11.3 Å². The maximum Gasteiger partial charge on any atom is 0.264 e. The third kappa shape index (κ3) is 4.89. The predicted molar refractivity (Wildman–Crippen MR) is 113 cm³/mol. The van der Waals surface area contributed by atoms with Crippen LogP contribution in [0, 0.1) is 0 Å². The predicted octanol–water partition coefficient (Wildman–Crippen LogP) is 5.13. The standard InChI is InChI=1S/C22H24N2O3S/c1-22(2,3)17-7-5-6-8-19(17)27-13-20(25)24-21-23-18(14-28-21)15-9-11-16(26-4)12-10-15/h5-12,14H,13H2,1-4H3,(H,23,24,25). The van der Waals surface area contributed by atoms with Crippen molar-refractivity contribution in [2.75, 3.05) is 19.0 Å². The second kappa shape index (κ2) is 8.44. The minimum atomic E-state index is -0.237. The molecule has 1 amide bonds. The summed E-state index contributed by atoms with van der Waals surface area (Å²) in [7, 11) is 1.63. The molecule has 0 aliphatic heterocycles. The van der Waals surface area contributed by atoms with E-state index >= 15 is 0 Å². The van der Waals surface area contributed by atoms with Crippen molar-refractivity contribution >= 4 is 22.4 Å². The van der Waals surface area contributed by atoms with Crippen molar-refractivity contribution in [1.82, 2.24) is 4.98 Å². The molecule has 1 N–H and O–H groups in total. The Morgan fingerprint density at radius 2 is 1.82 bits per heavy atom. The van der Waals surface area contributed by atoms with Gasteiger partial charge in [0.05, 0.1) is 12.8 Å². The van der Waals surface area contributed by atoms with E-state index in [0.29, 0.717) is 5.13 Å². The summed E-state index contributed by atoms with van der Waals surface area (Å²) in [4.78, 5) is 16.8. The molecule has 0 unspecified atom stereocenters. The summed E-state index contributed by atoms with van der Waals surface area (Å²) in [6.45, 7) is 6.28. The number of amides is 1. The van der Waals surface area contributed by atoms with Crippen LogP contribution in [0.1, 0.15) is 26.3 Å². The fourth-order valence-corrected chi connectivity index (χ4v) is 3.47. The number of nitrogens with one attached hydrogen (secondary N) is 1. The molecule has 3 rings (SSSR count). The highest BCUT2D eigenvalue weighted by Gasteiger charge is 2.19. The van der Waals surface area contributed by atoms with E-state index in [0.717, 1.165) is 28.3 Å². The van der Waals surface area contributed by atoms with E-state index in [9.17, 15) is 4.79 Å². The number of carbonyl (C=O) groups is 1. The Bertz CT molecular complexity index is 943. The van der Waals surface area contributed by atoms with Gasteiger partial charge in [0.2, 0.25) is 0 Å². The molecule has 3 aromatic rings. The van der Waals surface area contributed by atoms with Crippen molar-refractivity contribution in [3.05, 3.63) is 59.5 Å². The van der Waals surface area contributed by atoms with Gasteiger partial charge in [-0.1, -0.05) is 39.0 Å². The summed E-state index contributed by atoms with van der Waals surface area (Å²) >= 11 is 1.38. The maximum atomic E-state index is 12.3. The van der Waals surface area contributed by atoms with E-state index in [-0.39, 0.29) is 17.9 Å². The molecule has 2 aromatic carbocycles. The van der Waals surface area contributed by atoms with Gasteiger partial charge in [-0.25, -0.2) is 4.98 Å². The van der Waals surface area contributed by atoms with E-state index in [1.54, 1.807) is 7.11 Å². The van der Waals surface area contributed by atoms with Gasteiger partial charge in [0.25, 0.3) is 5.91 Å². The molecule has 0 aliphatic carbocycles. The normalized spacial score (nSPS) is 11.1. The van der Waals surface area contributed by atoms with Gasteiger partial charge in [0, 0.05) is 10.9 Å². The second-order valence-electron chi connectivity index (χ2n) is 7.35. The van der Waals surface area contributed by atoms with Gasteiger partial charge in [-0.05, 0) is 41.3 Å². The Kier molecular flexibility index (Phi) is 5.99. The van der Waals surface area contributed by atoms with Gasteiger partial charge < -0.3 is 9.47 Å². The fraction of sp³-hybridized carbons (Fsp3) is 0.273. The average molecular weight is 397 g/mol. The quantitative estimate of drug-likeness (QED) is 0.627. The number of thiazole rings is 1. The highest BCUT2D eigenvalue weighted by Crippen LogP contribution is 2.31. The van der Waals surface area contributed by atoms with Crippen LogP contribution >= 0.6 is 11.3 Å². The summed E-state index contributed by atoms with van der Waals surface area (Å²) in [5.41, 5.74) is 2.78. The van der Waals surface area contributed by atoms with Crippen molar-refractivity contribution in [3.8, 4) is 22.8 Å². The first-order valence-corrected chi connectivity index (χ1v) is 9.87. The van der Waals surface area contributed by atoms with Crippen LogP contribution in [0.4, 0.5) is 5.13 Å². The van der Waals surface area contributed by atoms with Crippen LogP contribution < -0.4 is 14.8 Å². The first-order valence-electron chi connectivity index (χ1n) is 8.99. The third-order valence-corrected chi connectivity index (χ3v) is 4.95. The molecule has 0 atom stereocenters. The van der Waals surface area contributed by atoms with Crippen molar-refractivity contribution in [2.45, 2.75) is 26.2 Å². The van der Waals surface area contributed by atoms with Crippen LogP contribution in [0.5, 0.6) is 11.5 Å². The smallest absolute Gasteiger partial charge is 0.264 e. The molecule has 0 fully saturated rings. The molecular weight excluding hydrogens is 372 g/mol. The van der Waals surface area contributed by atoms with Crippen LogP contribution in [0.2, 0.25) is 0 Å². The van der Waals surface area contributed by atoms with Crippen molar-refractivity contribution in [2.24, 2.45) is 0 Å². The Morgan fingerprint density at radius 3 is 2.50 bits per heavy atom. The lowest BCUT2D eigenvalue weighted by Gasteiger charge is -2.22. The number of benzene rings is 2. The Labute approximate surface area is 169 Å². The van der Waals surface area contributed by atoms with Crippen molar-refractivity contribution in [1.29, 1.82) is 0 Å². The zero-order chi connectivity index (χ0) is 20.1. The van der Waals surface area contributed by atoms with Crippen LogP contribution in [0.3, 0.4) is 0 Å². The van der Waals surface area contributed by atoms with E-state index in [2.05, 4.69) is 31.1 Å². The van der Waals surface area contributed by atoms with E-state index in [4.69, 9.17) is 9.47 Å². The van der Waals surface area contributed by atoms with E-state index < -0.39 is 0 Å². The lowest BCUT2D eigenvalue weighted by Crippen LogP contribution is -2.21. The molecular formula is C22H24N2O3S. The van der Waals surface area contributed by atoms with Crippen LogP contribution in [-0.4, -0.2) is 24.6 Å². The number of ether oxygens (including phenoxy) is 2. The van der Waals surface area contributed by atoms with Crippen molar-refractivity contribution in [3.63, 3.8) is 0 Å². The number of aromatic nitrogens is 1. The van der Waals surface area contributed by atoms with Gasteiger partial charge in [-0.15, -0.1) is 11.3 Å². The molecule has 0 saturated carbocycles. The van der Waals surface area contributed by atoms with E-state index in [1.807, 2.05) is 53.9 Å². The first-order chi connectivity index (χ1) is 13.4. The Hall–Kier alpha value is -2.86. The summed E-state index contributed by atoms with van der Waals surface area (Å²) in [6.07, 6.45) is 0. The monoisotopic (exact) mass is 396 g/mol. The number of rotatable bonds is 6. The highest BCUT2D eigenvalue weighted by molar-refractivity contribution is 7.14. The number of methoxy groups -OCH3 is 1. The number of para-hydroxylation sites is 1. The molecule has 5 nitrogen and oxygen atoms in total. The van der Waals surface area contributed by atoms with Gasteiger partial charge >= 0.3 is 0 Å².